The van der Waals surface area contributed by atoms with Gasteiger partial charge in [0.1, 0.15) is 0 Å². The molecule has 2 amide bonds. The first-order valence-corrected chi connectivity index (χ1v) is 13.8. The molecular formula is C26H29N3O4S. The summed E-state index contributed by atoms with van der Waals surface area (Å²) < 4.78 is 26.0. The van der Waals surface area contributed by atoms with E-state index in [-0.39, 0.29) is 35.4 Å². The van der Waals surface area contributed by atoms with Crippen LogP contribution >= 0.6 is 0 Å². The van der Waals surface area contributed by atoms with Crippen molar-refractivity contribution in [1.82, 2.24) is 0 Å². The molecule has 2 aliphatic carbocycles. The van der Waals surface area contributed by atoms with Crippen molar-refractivity contribution >= 4 is 38.9 Å². The third-order valence-corrected chi connectivity index (χ3v) is 9.23. The Morgan fingerprint density at radius 3 is 2.12 bits per heavy atom. The minimum atomic E-state index is -3.22. The number of hydrogen-bond acceptors (Lipinski definition) is 4. The fraction of sp³-hybridized carbons (Fsp3) is 0.462. The van der Waals surface area contributed by atoms with Gasteiger partial charge in [0.25, 0.3) is 0 Å². The maximum absolute atomic E-state index is 13.2. The average molecular weight is 480 g/mol. The fourth-order valence-electron chi connectivity index (χ4n) is 5.18. The van der Waals surface area contributed by atoms with Gasteiger partial charge in [-0.1, -0.05) is 18.2 Å². The van der Waals surface area contributed by atoms with Crippen LogP contribution in [-0.2, 0) is 19.6 Å². The maximum atomic E-state index is 13.2. The largest absolute Gasteiger partial charge is 0.308 e. The summed E-state index contributed by atoms with van der Waals surface area (Å²) in [5.41, 5.74) is 4.18. The van der Waals surface area contributed by atoms with Crippen LogP contribution in [-0.4, -0.2) is 45.1 Å². The molecule has 178 valence electrons. The second kappa shape index (κ2) is 7.83. The smallest absolute Gasteiger partial charge is 0.235 e. The lowest BCUT2D eigenvalue weighted by Crippen LogP contribution is -2.52. The van der Waals surface area contributed by atoms with Gasteiger partial charge in [0.05, 0.1) is 28.9 Å². The SMILES string of the molecule is C[C@H]1CN(C(=O)C2CC2)c2cc(-c3ccc(N4CCCS4(=O)=O)cc3)ccc2N1C(=O)C1CC1. The summed E-state index contributed by atoms with van der Waals surface area (Å²) in [5, 5.41) is 0. The van der Waals surface area contributed by atoms with Gasteiger partial charge in [0, 0.05) is 24.9 Å². The highest BCUT2D eigenvalue weighted by atomic mass is 32.2. The number of hydrogen-bond donors (Lipinski definition) is 0. The van der Waals surface area contributed by atoms with Crippen molar-refractivity contribution < 1.29 is 18.0 Å². The Bertz CT molecular complexity index is 1270. The Morgan fingerprint density at radius 1 is 0.853 bits per heavy atom. The van der Waals surface area contributed by atoms with Gasteiger partial charge in [0.15, 0.2) is 0 Å². The van der Waals surface area contributed by atoms with Gasteiger partial charge in [-0.25, -0.2) is 8.42 Å². The fourth-order valence-corrected chi connectivity index (χ4v) is 6.74. The Kier molecular flexibility index (Phi) is 4.99. The van der Waals surface area contributed by atoms with Crippen LogP contribution in [0.15, 0.2) is 42.5 Å². The van der Waals surface area contributed by atoms with Gasteiger partial charge in [0.2, 0.25) is 21.8 Å². The lowest BCUT2D eigenvalue weighted by molar-refractivity contribution is -0.122. The standard InChI is InChI=1S/C26H29N3O4S/c1-17-16-27(25(30)19-3-4-19)24-15-21(9-12-23(24)29(17)26(31)20-5-6-20)18-7-10-22(11-8-18)28-13-2-14-34(28,32)33/h7-12,15,17,19-20H,2-6,13-14,16H2,1H3/t17-/m0/s1. The predicted octanol–water partition coefficient (Wildman–Crippen LogP) is 3.78. The molecule has 0 N–H and O–H groups in total. The molecule has 8 heteroatoms. The number of carbonyl (C=O) groups is 2. The molecule has 3 fully saturated rings. The van der Waals surface area contributed by atoms with Crippen LogP contribution in [0.25, 0.3) is 11.1 Å². The first-order chi connectivity index (χ1) is 16.3. The summed E-state index contributed by atoms with van der Waals surface area (Å²) in [6.07, 6.45) is 4.40. The number of fused-ring (bicyclic) bond motifs is 1. The molecule has 2 aromatic carbocycles. The zero-order valence-corrected chi connectivity index (χ0v) is 20.1. The Morgan fingerprint density at radius 2 is 1.50 bits per heavy atom. The van der Waals surface area contributed by atoms with Crippen LogP contribution in [0.4, 0.5) is 17.1 Å². The molecule has 0 unspecified atom stereocenters. The second-order valence-corrected chi connectivity index (χ2v) is 12.1. The van der Waals surface area contributed by atoms with Crippen LogP contribution in [0.5, 0.6) is 0 Å². The van der Waals surface area contributed by atoms with Gasteiger partial charge in [-0.15, -0.1) is 0 Å². The number of nitrogens with zero attached hydrogens (tertiary/aromatic N) is 3. The number of amides is 2. The van der Waals surface area contributed by atoms with Crippen LogP contribution < -0.4 is 14.1 Å². The van der Waals surface area contributed by atoms with Crippen molar-refractivity contribution in [3.8, 4) is 11.1 Å². The molecule has 6 rings (SSSR count). The first-order valence-electron chi connectivity index (χ1n) is 12.2. The Balaban J connectivity index is 1.37. The number of sulfonamides is 1. The molecule has 1 atom stereocenters. The zero-order chi connectivity index (χ0) is 23.6. The number of benzene rings is 2. The van der Waals surface area contributed by atoms with E-state index in [1.807, 2.05) is 59.2 Å². The van der Waals surface area contributed by atoms with E-state index in [2.05, 4.69) is 0 Å². The molecule has 1 saturated heterocycles. The second-order valence-electron chi connectivity index (χ2n) is 10.0. The van der Waals surface area contributed by atoms with E-state index in [0.29, 0.717) is 25.2 Å². The molecule has 4 aliphatic rings. The Labute approximate surface area is 200 Å². The van der Waals surface area contributed by atoms with E-state index in [1.54, 1.807) is 0 Å². The van der Waals surface area contributed by atoms with Gasteiger partial charge >= 0.3 is 0 Å². The van der Waals surface area contributed by atoms with E-state index in [0.717, 1.165) is 48.2 Å². The van der Waals surface area contributed by atoms with Crippen LogP contribution in [0.1, 0.15) is 39.0 Å². The lowest BCUT2D eigenvalue weighted by Gasteiger charge is -2.41. The van der Waals surface area contributed by atoms with Crippen molar-refractivity contribution in [2.45, 2.75) is 45.1 Å². The molecule has 0 aromatic heterocycles. The summed E-state index contributed by atoms with van der Waals surface area (Å²) in [4.78, 5) is 30.0. The van der Waals surface area contributed by atoms with Crippen LogP contribution in [0, 0.1) is 11.8 Å². The van der Waals surface area contributed by atoms with Crippen molar-refractivity contribution in [2.24, 2.45) is 11.8 Å². The van der Waals surface area contributed by atoms with Gasteiger partial charge in [-0.2, -0.15) is 0 Å². The molecule has 2 aromatic rings. The molecule has 2 saturated carbocycles. The van der Waals surface area contributed by atoms with Gasteiger partial charge in [-0.05, 0) is 74.4 Å². The normalized spacial score (nSPS) is 23.7. The molecule has 0 spiro atoms. The minimum absolute atomic E-state index is 0.0594. The lowest BCUT2D eigenvalue weighted by atomic mass is 9.99. The van der Waals surface area contributed by atoms with E-state index >= 15 is 0 Å². The zero-order valence-electron chi connectivity index (χ0n) is 19.3. The summed E-state index contributed by atoms with van der Waals surface area (Å²) in [6, 6.07) is 13.4. The number of rotatable bonds is 4. The van der Waals surface area contributed by atoms with E-state index < -0.39 is 10.0 Å². The Hall–Kier alpha value is -2.87. The average Bonchev–Trinajstić information content (AvgIpc) is 3.74. The summed E-state index contributed by atoms with van der Waals surface area (Å²) in [6.45, 7) is 3.05. The summed E-state index contributed by atoms with van der Waals surface area (Å²) >= 11 is 0. The van der Waals surface area contributed by atoms with Crippen molar-refractivity contribution in [1.29, 1.82) is 0 Å². The third-order valence-electron chi connectivity index (χ3n) is 7.36. The van der Waals surface area contributed by atoms with Crippen LogP contribution in [0.2, 0.25) is 0 Å². The van der Waals surface area contributed by atoms with Crippen LogP contribution in [0.3, 0.4) is 0 Å². The monoisotopic (exact) mass is 479 g/mol. The highest BCUT2D eigenvalue weighted by Gasteiger charge is 2.43. The minimum Gasteiger partial charge on any atom is -0.308 e. The number of carbonyl (C=O) groups excluding carboxylic acids is 2. The summed E-state index contributed by atoms with van der Waals surface area (Å²) in [7, 11) is -3.22. The third kappa shape index (κ3) is 3.68. The van der Waals surface area contributed by atoms with Gasteiger partial charge in [-0.3, -0.25) is 13.9 Å². The van der Waals surface area contributed by atoms with Gasteiger partial charge < -0.3 is 9.80 Å². The predicted molar refractivity (Wildman–Crippen MR) is 132 cm³/mol. The molecule has 0 radical (unpaired) electrons. The highest BCUT2D eigenvalue weighted by Crippen LogP contribution is 2.44. The van der Waals surface area contributed by atoms with Crippen molar-refractivity contribution in [3.05, 3.63) is 42.5 Å². The molecule has 7 nitrogen and oxygen atoms in total. The molecule has 0 bridgehead atoms. The quantitative estimate of drug-likeness (QED) is 0.669. The molecular weight excluding hydrogens is 450 g/mol. The molecule has 2 heterocycles. The van der Waals surface area contributed by atoms with Crippen molar-refractivity contribution in [3.63, 3.8) is 0 Å². The first kappa shape index (κ1) is 21.6. The number of anilines is 3. The molecule has 2 aliphatic heterocycles. The molecule has 34 heavy (non-hydrogen) atoms. The maximum Gasteiger partial charge on any atom is 0.235 e. The highest BCUT2D eigenvalue weighted by molar-refractivity contribution is 7.93. The van der Waals surface area contributed by atoms with E-state index in [1.165, 1.54) is 4.31 Å². The van der Waals surface area contributed by atoms with Crippen molar-refractivity contribution in [2.75, 3.05) is 32.9 Å². The topological polar surface area (TPSA) is 78.0 Å². The van der Waals surface area contributed by atoms with E-state index in [9.17, 15) is 18.0 Å². The van der Waals surface area contributed by atoms with E-state index in [4.69, 9.17) is 0 Å². The summed E-state index contributed by atoms with van der Waals surface area (Å²) in [5.74, 6) is 0.708.